The summed E-state index contributed by atoms with van der Waals surface area (Å²) in [6, 6.07) is 11.0. The Labute approximate surface area is 123 Å². The quantitative estimate of drug-likeness (QED) is 0.842. The first kappa shape index (κ1) is 13.9. The maximum absolute atomic E-state index is 6.22. The predicted octanol–water partition coefficient (Wildman–Crippen LogP) is 3.83. The van der Waals surface area contributed by atoms with Crippen LogP contribution in [0.3, 0.4) is 0 Å². The molecule has 2 saturated heterocycles. The molecular weight excluding hydrogens is 244 g/mol. The second-order valence-electron chi connectivity index (χ2n) is 7.67. The molecule has 110 valence electrons. The second kappa shape index (κ2) is 5.07. The Kier molecular flexibility index (Phi) is 3.53. The van der Waals surface area contributed by atoms with Gasteiger partial charge in [-0.15, -0.1) is 0 Å². The van der Waals surface area contributed by atoms with E-state index in [9.17, 15) is 0 Å². The first-order chi connectivity index (χ1) is 9.45. The molecule has 2 aliphatic heterocycles. The summed E-state index contributed by atoms with van der Waals surface area (Å²) in [7, 11) is 0. The van der Waals surface area contributed by atoms with Crippen LogP contribution in [0.4, 0.5) is 5.69 Å². The Balaban J connectivity index is 1.85. The Bertz CT molecular complexity index is 443. The SMILES string of the molecule is CC(C)(C)c1ccc(N2C3CCCC2CC(N)C3)cc1. The molecule has 2 bridgehead atoms. The van der Waals surface area contributed by atoms with Gasteiger partial charge in [0.25, 0.3) is 0 Å². The first-order valence-corrected chi connectivity index (χ1v) is 8.09. The highest BCUT2D eigenvalue weighted by atomic mass is 15.2. The zero-order chi connectivity index (χ0) is 14.3. The van der Waals surface area contributed by atoms with Gasteiger partial charge >= 0.3 is 0 Å². The van der Waals surface area contributed by atoms with Crippen LogP contribution in [0, 0.1) is 0 Å². The molecule has 2 aliphatic rings. The number of nitrogens with two attached hydrogens (primary N) is 1. The largest absolute Gasteiger partial charge is 0.365 e. The molecule has 0 radical (unpaired) electrons. The summed E-state index contributed by atoms with van der Waals surface area (Å²) >= 11 is 0. The fourth-order valence-corrected chi connectivity index (χ4v) is 3.98. The fourth-order valence-electron chi connectivity index (χ4n) is 3.98. The summed E-state index contributed by atoms with van der Waals surface area (Å²) in [5.41, 5.74) is 9.27. The molecule has 20 heavy (non-hydrogen) atoms. The molecule has 3 rings (SSSR count). The minimum absolute atomic E-state index is 0.235. The monoisotopic (exact) mass is 272 g/mol. The van der Waals surface area contributed by atoms with Crippen molar-refractivity contribution in [1.82, 2.24) is 0 Å². The number of hydrogen-bond donors (Lipinski definition) is 1. The van der Waals surface area contributed by atoms with E-state index in [1.807, 2.05) is 0 Å². The van der Waals surface area contributed by atoms with Gasteiger partial charge < -0.3 is 10.6 Å². The predicted molar refractivity (Wildman–Crippen MR) is 86.3 cm³/mol. The van der Waals surface area contributed by atoms with Crippen molar-refractivity contribution in [2.45, 2.75) is 76.4 Å². The molecule has 0 saturated carbocycles. The third-order valence-corrected chi connectivity index (χ3v) is 5.04. The van der Waals surface area contributed by atoms with Crippen molar-refractivity contribution < 1.29 is 0 Å². The third kappa shape index (κ3) is 2.58. The number of fused-ring (bicyclic) bond motifs is 2. The van der Waals surface area contributed by atoms with Crippen molar-refractivity contribution in [3.05, 3.63) is 29.8 Å². The third-order valence-electron chi connectivity index (χ3n) is 5.04. The standard InChI is InChI=1S/C18H28N2/c1-18(2,3)13-7-9-15(10-8-13)20-16-5-4-6-17(20)12-14(19)11-16/h7-10,14,16-17H,4-6,11-12,19H2,1-3H3. The number of rotatable bonds is 1. The van der Waals surface area contributed by atoms with Gasteiger partial charge in [-0.3, -0.25) is 0 Å². The van der Waals surface area contributed by atoms with Gasteiger partial charge in [0.2, 0.25) is 0 Å². The molecule has 0 aliphatic carbocycles. The molecule has 2 nitrogen and oxygen atoms in total. The van der Waals surface area contributed by atoms with Crippen LogP contribution in [0.2, 0.25) is 0 Å². The van der Waals surface area contributed by atoms with Crippen molar-refractivity contribution in [3.63, 3.8) is 0 Å². The van der Waals surface area contributed by atoms with Crippen LogP contribution in [0.15, 0.2) is 24.3 Å². The van der Waals surface area contributed by atoms with Gasteiger partial charge in [-0.2, -0.15) is 0 Å². The van der Waals surface area contributed by atoms with Gasteiger partial charge in [0.15, 0.2) is 0 Å². The Morgan fingerprint density at radius 3 is 2.05 bits per heavy atom. The lowest BCUT2D eigenvalue weighted by atomic mass is 9.81. The zero-order valence-electron chi connectivity index (χ0n) is 13.1. The minimum atomic E-state index is 0.235. The van der Waals surface area contributed by atoms with Gasteiger partial charge in [-0.05, 0) is 55.2 Å². The molecule has 0 aromatic heterocycles. The van der Waals surface area contributed by atoms with E-state index in [0.717, 1.165) is 12.8 Å². The molecule has 0 amide bonds. The molecule has 2 N–H and O–H groups in total. The summed E-state index contributed by atoms with van der Waals surface area (Å²) < 4.78 is 0. The molecule has 1 aromatic rings. The van der Waals surface area contributed by atoms with Crippen LogP contribution in [-0.4, -0.2) is 18.1 Å². The van der Waals surface area contributed by atoms with E-state index in [0.29, 0.717) is 18.1 Å². The molecule has 2 heteroatoms. The maximum atomic E-state index is 6.22. The molecule has 2 atom stereocenters. The summed E-state index contributed by atoms with van der Waals surface area (Å²) in [5, 5.41) is 0. The normalized spacial score (nSPS) is 30.4. The molecule has 2 heterocycles. The molecule has 0 spiro atoms. The summed E-state index contributed by atoms with van der Waals surface area (Å²) in [5.74, 6) is 0. The van der Waals surface area contributed by atoms with Crippen LogP contribution in [-0.2, 0) is 5.41 Å². The van der Waals surface area contributed by atoms with E-state index in [-0.39, 0.29) is 5.41 Å². The van der Waals surface area contributed by atoms with E-state index in [1.165, 1.54) is 30.5 Å². The number of benzene rings is 1. The van der Waals surface area contributed by atoms with Gasteiger partial charge in [-0.1, -0.05) is 32.9 Å². The van der Waals surface area contributed by atoms with Crippen LogP contribution in [0.5, 0.6) is 0 Å². The highest BCUT2D eigenvalue weighted by Crippen LogP contribution is 2.37. The van der Waals surface area contributed by atoms with Crippen LogP contribution in [0.25, 0.3) is 0 Å². The number of anilines is 1. The molecule has 1 aromatic carbocycles. The summed E-state index contributed by atoms with van der Waals surface area (Å²) in [6.45, 7) is 6.82. The minimum Gasteiger partial charge on any atom is -0.365 e. The number of hydrogen-bond acceptors (Lipinski definition) is 2. The van der Waals surface area contributed by atoms with E-state index in [1.54, 1.807) is 0 Å². The lowest BCUT2D eigenvalue weighted by molar-refractivity contribution is 0.271. The summed E-state index contributed by atoms with van der Waals surface area (Å²) in [6.07, 6.45) is 6.32. The number of nitrogens with zero attached hydrogens (tertiary/aromatic N) is 1. The lowest BCUT2D eigenvalue weighted by Gasteiger charge is -2.49. The van der Waals surface area contributed by atoms with Gasteiger partial charge in [0.05, 0.1) is 0 Å². The van der Waals surface area contributed by atoms with Crippen molar-refractivity contribution in [2.24, 2.45) is 5.73 Å². The second-order valence-corrected chi connectivity index (χ2v) is 7.67. The number of piperidine rings is 2. The van der Waals surface area contributed by atoms with Crippen molar-refractivity contribution in [3.8, 4) is 0 Å². The van der Waals surface area contributed by atoms with Crippen molar-refractivity contribution >= 4 is 5.69 Å². The topological polar surface area (TPSA) is 29.3 Å². The molecule has 2 fully saturated rings. The van der Waals surface area contributed by atoms with Crippen LogP contribution in [0.1, 0.15) is 58.4 Å². The van der Waals surface area contributed by atoms with Crippen molar-refractivity contribution in [1.29, 1.82) is 0 Å². The molecular formula is C18H28N2. The van der Waals surface area contributed by atoms with Gasteiger partial charge in [0, 0.05) is 23.8 Å². The summed E-state index contributed by atoms with van der Waals surface area (Å²) in [4.78, 5) is 2.67. The highest BCUT2D eigenvalue weighted by molar-refractivity contribution is 5.51. The van der Waals surface area contributed by atoms with Gasteiger partial charge in [-0.25, -0.2) is 0 Å². The van der Waals surface area contributed by atoms with E-state index in [2.05, 4.69) is 49.9 Å². The lowest BCUT2D eigenvalue weighted by Crippen LogP contribution is -2.55. The van der Waals surface area contributed by atoms with E-state index in [4.69, 9.17) is 5.73 Å². The zero-order valence-corrected chi connectivity index (χ0v) is 13.1. The van der Waals surface area contributed by atoms with E-state index >= 15 is 0 Å². The van der Waals surface area contributed by atoms with Crippen molar-refractivity contribution in [2.75, 3.05) is 4.90 Å². The molecule has 2 unspecified atom stereocenters. The van der Waals surface area contributed by atoms with E-state index < -0.39 is 0 Å². The smallest absolute Gasteiger partial charge is 0.0371 e. The average Bonchev–Trinajstić information content (AvgIpc) is 2.37. The Morgan fingerprint density at radius 2 is 1.55 bits per heavy atom. The van der Waals surface area contributed by atoms with Gasteiger partial charge in [0.1, 0.15) is 0 Å². The fraction of sp³-hybridized carbons (Fsp3) is 0.667. The first-order valence-electron chi connectivity index (χ1n) is 8.09. The van der Waals surface area contributed by atoms with Crippen LogP contribution >= 0.6 is 0 Å². The Morgan fingerprint density at radius 1 is 1.00 bits per heavy atom. The Hall–Kier alpha value is -1.02. The average molecular weight is 272 g/mol. The highest BCUT2D eigenvalue weighted by Gasteiger charge is 2.37. The maximum Gasteiger partial charge on any atom is 0.0371 e. The van der Waals surface area contributed by atoms with Crippen LogP contribution < -0.4 is 10.6 Å².